The highest BCUT2D eigenvalue weighted by Crippen LogP contribution is 2.24. The number of methoxy groups -OCH3 is 1. The van der Waals surface area contributed by atoms with E-state index in [1.54, 1.807) is 66.4 Å². The molecule has 0 aliphatic heterocycles. The Balaban J connectivity index is 1.38. The first-order valence-electron chi connectivity index (χ1n) is 11.1. The molecule has 0 fully saturated rings. The standard InChI is InChI=1S/C26H27N5O4/c1-16-17(2)30-31(18(16)3)24-14-26(28-19(4)27-24)35-23-8-6-20(7-9-23)29-25(32)15-34-22-12-10-21(33-5)11-13-22/h6-14H,15H2,1-5H3,(H,29,32). The molecule has 2 heterocycles. The van der Waals surface area contributed by atoms with Gasteiger partial charge < -0.3 is 19.5 Å². The molecule has 4 aromatic rings. The minimum atomic E-state index is -0.272. The lowest BCUT2D eigenvalue weighted by Gasteiger charge is -2.10. The molecule has 0 radical (unpaired) electrons. The molecule has 0 saturated heterocycles. The molecule has 2 aromatic heterocycles. The van der Waals surface area contributed by atoms with E-state index >= 15 is 0 Å². The first kappa shape index (κ1) is 23.7. The second kappa shape index (κ2) is 10.3. The largest absolute Gasteiger partial charge is 0.497 e. The summed E-state index contributed by atoms with van der Waals surface area (Å²) in [6, 6.07) is 15.8. The van der Waals surface area contributed by atoms with Gasteiger partial charge in [0.05, 0.1) is 12.8 Å². The summed E-state index contributed by atoms with van der Waals surface area (Å²) >= 11 is 0. The van der Waals surface area contributed by atoms with Gasteiger partial charge in [-0.25, -0.2) is 9.67 Å². The minimum absolute atomic E-state index is 0.112. The lowest BCUT2D eigenvalue weighted by molar-refractivity contribution is -0.118. The summed E-state index contributed by atoms with van der Waals surface area (Å²) in [5, 5.41) is 7.36. The van der Waals surface area contributed by atoms with Gasteiger partial charge in [-0.1, -0.05) is 0 Å². The molecule has 180 valence electrons. The Morgan fingerprint density at radius 2 is 1.57 bits per heavy atom. The molecular weight excluding hydrogens is 446 g/mol. The van der Waals surface area contributed by atoms with Gasteiger partial charge >= 0.3 is 0 Å². The van der Waals surface area contributed by atoms with E-state index < -0.39 is 0 Å². The molecule has 9 heteroatoms. The molecule has 1 amide bonds. The molecule has 0 saturated carbocycles. The van der Waals surface area contributed by atoms with Crippen LogP contribution in [0.4, 0.5) is 5.69 Å². The number of amides is 1. The molecule has 0 aliphatic carbocycles. The van der Waals surface area contributed by atoms with Crippen molar-refractivity contribution in [3.05, 3.63) is 77.4 Å². The highest BCUT2D eigenvalue weighted by atomic mass is 16.5. The number of carbonyl (C=O) groups is 1. The fraction of sp³-hybridized carbons (Fsp3) is 0.231. The van der Waals surface area contributed by atoms with Crippen LogP contribution in [0.3, 0.4) is 0 Å². The first-order valence-corrected chi connectivity index (χ1v) is 11.1. The van der Waals surface area contributed by atoms with E-state index in [9.17, 15) is 4.79 Å². The van der Waals surface area contributed by atoms with Gasteiger partial charge in [-0.05, 0) is 81.8 Å². The number of ether oxygens (including phenoxy) is 3. The van der Waals surface area contributed by atoms with E-state index in [0.717, 1.165) is 22.7 Å². The summed E-state index contributed by atoms with van der Waals surface area (Å²) in [5.74, 6) is 3.23. The number of benzene rings is 2. The molecule has 0 bridgehead atoms. The van der Waals surface area contributed by atoms with E-state index in [4.69, 9.17) is 14.2 Å². The predicted molar refractivity (Wildman–Crippen MR) is 132 cm³/mol. The van der Waals surface area contributed by atoms with Crippen molar-refractivity contribution in [2.75, 3.05) is 19.0 Å². The summed E-state index contributed by atoms with van der Waals surface area (Å²) in [6.07, 6.45) is 0. The van der Waals surface area contributed by atoms with Crippen LogP contribution in [0.5, 0.6) is 23.1 Å². The summed E-state index contributed by atoms with van der Waals surface area (Å²) in [4.78, 5) is 21.1. The van der Waals surface area contributed by atoms with E-state index in [1.165, 1.54) is 0 Å². The maximum Gasteiger partial charge on any atom is 0.262 e. The van der Waals surface area contributed by atoms with Crippen molar-refractivity contribution in [1.29, 1.82) is 0 Å². The van der Waals surface area contributed by atoms with Crippen molar-refractivity contribution in [2.24, 2.45) is 0 Å². The molecular formula is C26H27N5O4. The third kappa shape index (κ3) is 5.75. The average Bonchev–Trinajstić information content (AvgIpc) is 3.11. The minimum Gasteiger partial charge on any atom is -0.497 e. The van der Waals surface area contributed by atoms with Crippen LogP contribution in [0.2, 0.25) is 0 Å². The average molecular weight is 474 g/mol. The smallest absolute Gasteiger partial charge is 0.262 e. The Kier molecular flexibility index (Phi) is 6.96. The van der Waals surface area contributed by atoms with Crippen LogP contribution in [-0.2, 0) is 4.79 Å². The van der Waals surface area contributed by atoms with Crippen LogP contribution in [0, 0.1) is 27.7 Å². The van der Waals surface area contributed by atoms with E-state index in [0.29, 0.717) is 34.7 Å². The molecule has 2 aromatic carbocycles. The number of carbonyl (C=O) groups excluding carboxylic acids is 1. The fourth-order valence-corrected chi connectivity index (χ4v) is 3.37. The zero-order chi connectivity index (χ0) is 24.9. The summed E-state index contributed by atoms with van der Waals surface area (Å²) in [5.41, 5.74) is 3.71. The van der Waals surface area contributed by atoms with Crippen molar-refractivity contribution >= 4 is 11.6 Å². The van der Waals surface area contributed by atoms with Gasteiger partial charge in [-0.3, -0.25) is 4.79 Å². The van der Waals surface area contributed by atoms with Gasteiger partial charge in [0.25, 0.3) is 5.91 Å². The Hall–Kier alpha value is -4.40. The number of hydrogen-bond donors (Lipinski definition) is 1. The van der Waals surface area contributed by atoms with Gasteiger partial charge in [0.1, 0.15) is 23.1 Å². The number of nitrogens with zero attached hydrogens (tertiary/aromatic N) is 4. The lowest BCUT2D eigenvalue weighted by atomic mass is 10.2. The molecule has 0 unspecified atom stereocenters. The van der Waals surface area contributed by atoms with Crippen LogP contribution in [0.25, 0.3) is 5.82 Å². The zero-order valence-corrected chi connectivity index (χ0v) is 20.3. The quantitative estimate of drug-likeness (QED) is 0.395. The Bertz CT molecular complexity index is 1330. The third-order valence-corrected chi connectivity index (χ3v) is 5.46. The number of hydrogen-bond acceptors (Lipinski definition) is 7. The predicted octanol–water partition coefficient (Wildman–Crippen LogP) is 4.71. The van der Waals surface area contributed by atoms with Crippen molar-refractivity contribution in [3.63, 3.8) is 0 Å². The van der Waals surface area contributed by atoms with Crippen LogP contribution < -0.4 is 19.5 Å². The van der Waals surface area contributed by atoms with Crippen LogP contribution in [0.1, 0.15) is 22.8 Å². The van der Waals surface area contributed by atoms with Crippen molar-refractivity contribution in [2.45, 2.75) is 27.7 Å². The van der Waals surface area contributed by atoms with Crippen molar-refractivity contribution < 1.29 is 19.0 Å². The molecule has 1 N–H and O–H groups in total. The third-order valence-electron chi connectivity index (χ3n) is 5.46. The summed E-state index contributed by atoms with van der Waals surface area (Å²) in [7, 11) is 1.59. The maximum atomic E-state index is 12.2. The summed E-state index contributed by atoms with van der Waals surface area (Å²) < 4.78 is 18.3. The molecule has 35 heavy (non-hydrogen) atoms. The van der Waals surface area contributed by atoms with E-state index in [1.807, 2.05) is 27.7 Å². The highest BCUT2D eigenvalue weighted by molar-refractivity contribution is 5.91. The van der Waals surface area contributed by atoms with E-state index in [-0.39, 0.29) is 12.5 Å². The maximum absolute atomic E-state index is 12.2. The van der Waals surface area contributed by atoms with Crippen molar-refractivity contribution in [3.8, 4) is 28.9 Å². The normalized spacial score (nSPS) is 10.7. The van der Waals surface area contributed by atoms with Crippen molar-refractivity contribution in [1.82, 2.24) is 19.7 Å². The monoisotopic (exact) mass is 473 g/mol. The molecule has 0 spiro atoms. The van der Waals surface area contributed by atoms with Crippen LogP contribution in [-0.4, -0.2) is 39.4 Å². The number of aromatic nitrogens is 4. The van der Waals surface area contributed by atoms with Gasteiger partial charge in [-0.2, -0.15) is 10.1 Å². The van der Waals surface area contributed by atoms with Crippen LogP contribution in [0.15, 0.2) is 54.6 Å². The van der Waals surface area contributed by atoms with Gasteiger partial charge in [0.2, 0.25) is 5.88 Å². The number of rotatable bonds is 8. The second-order valence-corrected chi connectivity index (χ2v) is 7.96. The molecule has 0 atom stereocenters. The van der Waals surface area contributed by atoms with Gasteiger partial charge in [-0.15, -0.1) is 0 Å². The highest BCUT2D eigenvalue weighted by Gasteiger charge is 2.13. The van der Waals surface area contributed by atoms with Gasteiger partial charge in [0.15, 0.2) is 12.4 Å². The SMILES string of the molecule is COc1ccc(OCC(=O)Nc2ccc(Oc3cc(-n4nc(C)c(C)c4C)nc(C)n3)cc2)cc1. The molecule has 9 nitrogen and oxygen atoms in total. The van der Waals surface area contributed by atoms with Gasteiger partial charge in [0, 0.05) is 17.4 Å². The Morgan fingerprint density at radius 1 is 0.914 bits per heavy atom. The summed E-state index contributed by atoms with van der Waals surface area (Å²) in [6.45, 7) is 7.70. The number of nitrogens with one attached hydrogen (secondary N) is 1. The number of aryl methyl sites for hydroxylation is 2. The van der Waals surface area contributed by atoms with E-state index in [2.05, 4.69) is 20.4 Å². The second-order valence-electron chi connectivity index (χ2n) is 7.96. The molecule has 4 rings (SSSR count). The Morgan fingerprint density at radius 3 is 2.20 bits per heavy atom. The topological polar surface area (TPSA) is 100 Å². The first-order chi connectivity index (χ1) is 16.8. The zero-order valence-electron chi connectivity index (χ0n) is 20.3. The lowest BCUT2D eigenvalue weighted by Crippen LogP contribution is -2.20. The number of anilines is 1. The van der Waals surface area contributed by atoms with Crippen LogP contribution >= 0.6 is 0 Å². The molecule has 0 aliphatic rings. The fourth-order valence-electron chi connectivity index (χ4n) is 3.37. The Labute approximate surface area is 203 Å².